The van der Waals surface area contributed by atoms with Crippen molar-refractivity contribution in [3.8, 4) is 0 Å². The van der Waals surface area contributed by atoms with Gasteiger partial charge in [-0.1, -0.05) is 27.7 Å². The second-order valence-corrected chi connectivity index (χ2v) is 5.24. The van der Waals surface area contributed by atoms with Crippen molar-refractivity contribution in [3.63, 3.8) is 0 Å². The van der Waals surface area contributed by atoms with Gasteiger partial charge in [0, 0.05) is 11.5 Å². The molecular formula is C12H21NO5. The van der Waals surface area contributed by atoms with E-state index in [4.69, 9.17) is 10.2 Å². The first-order chi connectivity index (χ1) is 8.07. The molecule has 0 rings (SSSR count). The molecule has 0 aliphatic carbocycles. The Labute approximate surface area is 106 Å². The Hall–Kier alpha value is -1.59. The van der Waals surface area contributed by atoms with E-state index in [2.05, 4.69) is 5.32 Å². The van der Waals surface area contributed by atoms with Crippen LogP contribution in [0.4, 0.5) is 0 Å². The zero-order chi connectivity index (χ0) is 14.5. The van der Waals surface area contributed by atoms with Crippen LogP contribution in [0, 0.1) is 11.3 Å². The van der Waals surface area contributed by atoms with Gasteiger partial charge < -0.3 is 15.5 Å². The Morgan fingerprint density at radius 2 is 1.44 bits per heavy atom. The van der Waals surface area contributed by atoms with E-state index < -0.39 is 36.2 Å². The summed E-state index contributed by atoms with van der Waals surface area (Å²) in [5, 5.41) is 19.9. The molecule has 0 unspecified atom stereocenters. The lowest BCUT2D eigenvalue weighted by atomic mass is 9.80. The fourth-order valence-corrected chi connectivity index (χ4v) is 1.23. The molecule has 18 heavy (non-hydrogen) atoms. The summed E-state index contributed by atoms with van der Waals surface area (Å²) in [6.07, 6.45) is -0.793. The molecule has 0 aromatic carbocycles. The van der Waals surface area contributed by atoms with Gasteiger partial charge in [0.2, 0.25) is 5.91 Å². The van der Waals surface area contributed by atoms with Crippen LogP contribution >= 0.6 is 0 Å². The first-order valence-corrected chi connectivity index (χ1v) is 5.82. The minimum absolute atomic E-state index is 0.0628. The highest BCUT2D eigenvalue weighted by atomic mass is 16.4. The first-order valence-electron chi connectivity index (χ1n) is 5.82. The largest absolute Gasteiger partial charge is 0.481 e. The number of carbonyl (C=O) groups excluding carboxylic acids is 1. The van der Waals surface area contributed by atoms with E-state index in [0.717, 1.165) is 0 Å². The molecule has 0 saturated heterocycles. The predicted molar refractivity (Wildman–Crippen MR) is 65.1 cm³/mol. The fourth-order valence-electron chi connectivity index (χ4n) is 1.23. The highest BCUT2D eigenvalue weighted by Gasteiger charge is 2.33. The van der Waals surface area contributed by atoms with Gasteiger partial charge in [-0.2, -0.15) is 0 Å². The Kier molecular flexibility index (Phi) is 5.81. The molecule has 0 aliphatic heterocycles. The van der Waals surface area contributed by atoms with Crippen LogP contribution in [0.15, 0.2) is 0 Å². The molecule has 0 atom stereocenters. The minimum atomic E-state index is -1.14. The summed E-state index contributed by atoms with van der Waals surface area (Å²) in [7, 11) is 0. The third kappa shape index (κ3) is 5.16. The van der Waals surface area contributed by atoms with Crippen molar-refractivity contribution >= 4 is 17.8 Å². The van der Waals surface area contributed by atoms with E-state index in [1.807, 2.05) is 13.8 Å². The quantitative estimate of drug-likeness (QED) is 0.635. The number of carboxylic acids is 2. The Morgan fingerprint density at radius 3 is 1.72 bits per heavy atom. The topological polar surface area (TPSA) is 104 Å². The van der Waals surface area contributed by atoms with Crippen molar-refractivity contribution < 1.29 is 24.6 Å². The molecule has 0 aromatic heterocycles. The lowest BCUT2D eigenvalue weighted by Gasteiger charge is -2.29. The number of amides is 1. The molecule has 0 spiro atoms. The molecule has 0 aromatic rings. The third-order valence-corrected chi connectivity index (χ3v) is 3.21. The number of hydrogen-bond acceptors (Lipinski definition) is 3. The van der Waals surface area contributed by atoms with Gasteiger partial charge in [-0.25, -0.2) is 0 Å². The third-order valence-electron chi connectivity index (χ3n) is 3.21. The van der Waals surface area contributed by atoms with Crippen molar-refractivity contribution in [1.29, 1.82) is 0 Å². The van der Waals surface area contributed by atoms with Gasteiger partial charge in [0.05, 0.1) is 12.8 Å². The Bertz CT molecular complexity index is 319. The van der Waals surface area contributed by atoms with Gasteiger partial charge in [-0.3, -0.25) is 14.4 Å². The summed E-state index contributed by atoms with van der Waals surface area (Å²) in [6, 6.07) is -0.884. The summed E-state index contributed by atoms with van der Waals surface area (Å²) in [4.78, 5) is 33.2. The number of aliphatic carboxylic acids is 2. The van der Waals surface area contributed by atoms with Crippen molar-refractivity contribution in [2.45, 2.75) is 46.6 Å². The smallest absolute Gasteiger partial charge is 0.305 e. The number of carbonyl (C=O) groups is 3. The molecule has 0 saturated carbocycles. The van der Waals surface area contributed by atoms with E-state index in [-0.39, 0.29) is 11.8 Å². The zero-order valence-corrected chi connectivity index (χ0v) is 11.2. The maximum atomic E-state index is 12.0. The number of nitrogens with one attached hydrogen (secondary N) is 1. The molecule has 6 nitrogen and oxygen atoms in total. The van der Waals surface area contributed by atoms with Gasteiger partial charge in [0.15, 0.2) is 0 Å². The van der Waals surface area contributed by atoms with E-state index in [0.29, 0.717) is 0 Å². The summed E-state index contributed by atoms with van der Waals surface area (Å²) < 4.78 is 0. The van der Waals surface area contributed by atoms with Crippen LogP contribution in [0.1, 0.15) is 40.5 Å². The number of hydrogen-bond donors (Lipinski definition) is 3. The molecular weight excluding hydrogens is 238 g/mol. The van der Waals surface area contributed by atoms with Crippen molar-refractivity contribution in [1.82, 2.24) is 5.32 Å². The monoisotopic (exact) mass is 259 g/mol. The molecule has 1 amide bonds. The van der Waals surface area contributed by atoms with Gasteiger partial charge in [-0.15, -0.1) is 0 Å². The Morgan fingerprint density at radius 1 is 1.06 bits per heavy atom. The second kappa shape index (κ2) is 6.37. The maximum absolute atomic E-state index is 12.0. The van der Waals surface area contributed by atoms with Crippen LogP contribution < -0.4 is 5.32 Å². The molecule has 0 bridgehead atoms. The van der Waals surface area contributed by atoms with Gasteiger partial charge in [0.25, 0.3) is 0 Å². The first kappa shape index (κ1) is 16.4. The van der Waals surface area contributed by atoms with Crippen LogP contribution in [-0.4, -0.2) is 34.1 Å². The van der Waals surface area contributed by atoms with E-state index in [1.54, 1.807) is 13.8 Å². The maximum Gasteiger partial charge on any atom is 0.305 e. The van der Waals surface area contributed by atoms with Crippen LogP contribution in [0.3, 0.4) is 0 Å². The molecule has 104 valence electrons. The molecule has 0 radical (unpaired) electrons. The van der Waals surface area contributed by atoms with E-state index in [9.17, 15) is 14.4 Å². The molecule has 0 heterocycles. The lowest BCUT2D eigenvalue weighted by Crippen LogP contribution is -2.46. The average Bonchev–Trinajstić information content (AvgIpc) is 2.14. The van der Waals surface area contributed by atoms with Crippen molar-refractivity contribution in [2.24, 2.45) is 11.3 Å². The normalized spacial score (nSPS) is 11.7. The predicted octanol–water partition coefficient (Wildman–Crippen LogP) is 1.10. The standard InChI is InChI=1S/C12H21NO5/c1-7(2)12(3,4)11(18)13-8(5-9(14)15)6-10(16)17/h7-8H,5-6H2,1-4H3,(H,13,18)(H,14,15)(H,16,17). The summed E-state index contributed by atoms with van der Waals surface area (Å²) in [5.74, 6) is -2.54. The Balaban J connectivity index is 4.71. The molecule has 0 aliphatic rings. The van der Waals surface area contributed by atoms with Gasteiger partial charge in [0.1, 0.15) is 0 Å². The SMILES string of the molecule is CC(C)C(C)(C)C(=O)NC(CC(=O)O)CC(=O)O. The fraction of sp³-hybridized carbons (Fsp3) is 0.750. The average molecular weight is 259 g/mol. The van der Waals surface area contributed by atoms with Crippen molar-refractivity contribution in [2.75, 3.05) is 0 Å². The van der Waals surface area contributed by atoms with Crippen LogP contribution in [0.5, 0.6) is 0 Å². The minimum Gasteiger partial charge on any atom is -0.481 e. The highest BCUT2D eigenvalue weighted by Crippen LogP contribution is 2.26. The summed E-state index contributed by atoms with van der Waals surface area (Å²) in [6.45, 7) is 7.24. The van der Waals surface area contributed by atoms with Crippen LogP contribution in [0.25, 0.3) is 0 Å². The lowest BCUT2D eigenvalue weighted by molar-refractivity contribution is -0.140. The van der Waals surface area contributed by atoms with Gasteiger partial charge >= 0.3 is 11.9 Å². The van der Waals surface area contributed by atoms with E-state index in [1.165, 1.54) is 0 Å². The summed E-state index contributed by atoms with van der Waals surface area (Å²) in [5.41, 5.74) is -0.671. The molecule has 0 fully saturated rings. The van der Waals surface area contributed by atoms with Crippen LogP contribution in [0.2, 0.25) is 0 Å². The number of carboxylic acid groups (broad SMARTS) is 2. The number of rotatable bonds is 7. The van der Waals surface area contributed by atoms with E-state index >= 15 is 0 Å². The van der Waals surface area contributed by atoms with Crippen LogP contribution in [-0.2, 0) is 14.4 Å². The summed E-state index contributed by atoms with van der Waals surface area (Å²) >= 11 is 0. The zero-order valence-electron chi connectivity index (χ0n) is 11.2. The second-order valence-electron chi connectivity index (χ2n) is 5.24. The van der Waals surface area contributed by atoms with Crippen molar-refractivity contribution in [3.05, 3.63) is 0 Å². The highest BCUT2D eigenvalue weighted by molar-refractivity contribution is 5.83. The molecule has 6 heteroatoms. The molecule has 3 N–H and O–H groups in total. The van der Waals surface area contributed by atoms with Gasteiger partial charge in [-0.05, 0) is 5.92 Å².